The maximum absolute atomic E-state index is 13.3. The zero-order chi connectivity index (χ0) is 32.6. The highest BCUT2D eigenvalue weighted by molar-refractivity contribution is 6.12. The summed E-state index contributed by atoms with van der Waals surface area (Å²) in [5.74, 6) is -2.76. The van der Waals surface area contributed by atoms with E-state index in [1.807, 2.05) is 0 Å². The fraction of sp³-hybridized carbons (Fsp3) is 0.500. The van der Waals surface area contributed by atoms with Crippen molar-refractivity contribution >= 4 is 47.2 Å². The summed E-state index contributed by atoms with van der Waals surface area (Å²) in [6.07, 6.45) is 4.78. The van der Waals surface area contributed by atoms with Gasteiger partial charge in [-0.1, -0.05) is 32.4 Å². The average Bonchev–Trinajstić information content (AvgIpc) is 3.28. The lowest BCUT2D eigenvalue weighted by atomic mass is 10.0. The van der Waals surface area contributed by atoms with Crippen LogP contribution in [-0.2, 0) is 40.1 Å². The number of imide groups is 1. The Balaban J connectivity index is 1.94. The first kappa shape index (κ1) is 35.4. The summed E-state index contributed by atoms with van der Waals surface area (Å²) < 4.78 is 4.96. The van der Waals surface area contributed by atoms with Gasteiger partial charge in [-0.2, -0.15) is 0 Å². The average molecular weight is 615 g/mol. The third-order valence-electron chi connectivity index (χ3n) is 6.72. The van der Waals surface area contributed by atoms with E-state index < -0.39 is 35.9 Å². The van der Waals surface area contributed by atoms with Gasteiger partial charge in [-0.15, -0.1) is 0 Å². The molecule has 240 valence electrons. The molecule has 1 unspecified atom stereocenters. The van der Waals surface area contributed by atoms with E-state index in [4.69, 9.17) is 10.5 Å². The van der Waals surface area contributed by atoms with Crippen LogP contribution in [0.5, 0.6) is 0 Å². The molecule has 0 saturated carbocycles. The van der Waals surface area contributed by atoms with Crippen molar-refractivity contribution in [2.75, 3.05) is 18.4 Å². The van der Waals surface area contributed by atoms with Crippen LogP contribution in [0.25, 0.3) is 0 Å². The smallest absolute Gasteiger partial charge is 0.312 e. The summed E-state index contributed by atoms with van der Waals surface area (Å²) >= 11 is 0. The van der Waals surface area contributed by atoms with E-state index in [0.717, 1.165) is 10.5 Å². The molecule has 0 spiro atoms. The maximum atomic E-state index is 13.3. The number of nitrogens with one attached hydrogen (secondary N) is 4. The Morgan fingerprint density at radius 3 is 2.14 bits per heavy atom. The van der Waals surface area contributed by atoms with Gasteiger partial charge in [0.2, 0.25) is 17.7 Å². The summed E-state index contributed by atoms with van der Waals surface area (Å²) in [5.41, 5.74) is 6.30. The van der Waals surface area contributed by atoms with Crippen molar-refractivity contribution in [3.63, 3.8) is 0 Å². The van der Waals surface area contributed by atoms with Crippen molar-refractivity contribution < 1.29 is 38.3 Å². The Labute approximate surface area is 256 Å². The third-order valence-corrected chi connectivity index (χ3v) is 6.72. The number of nitrogens with zero attached hydrogens (tertiary/aromatic N) is 1. The molecule has 0 aromatic heterocycles. The molecule has 44 heavy (non-hydrogen) atoms. The summed E-state index contributed by atoms with van der Waals surface area (Å²) in [7, 11) is 0. The SMILES string of the molecule is CC(=O)OCc1ccc(NC(=O)[C@H](CCCNC(N)=O)NC(=O)C(NC(=O)CCCCCN2C(=O)C=CC2=O)C(C)C)cc1. The number of hydrogen-bond acceptors (Lipinski definition) is 8. The molecule has 2 atom stereocenters. The van der Waals surface area contributed by atoms with E-state index in [2.05, 4.69) is 21.3 Å². The molecule has 1 aliphatic heterocycles. The minimum Gasteiger partial charge on any atom is -0.461 e. The fourth-order valence-electron chi connectivity index (χ4n) is 4.31. The number of primary amides is 1. The summed E-state index contributed by atoms with van der Waals surface area (Å²) in [4.78, 5) is 85.6. The molecular weight excluding hydrogens is 572 g/mol. The number of esters is 1. The predicted molar refractivity (Wildman–Crippen MR) is 160 cm³/mol. The van der Waals surface area contributed by atoms with E-state index in [9.17, 15) is 33.6 Å². The van der Waals surface area contributed by atoms with Gasteiger partial charge in [0.25, 0.3) is 11.8 Å². The van der Waals surface area contributed by atoms with Crippen molar-refractivity contribution in [2.24, 2.45) is 11.7 Å². The first-order valence-corrected chi connectivity index (χ1v) is 14.6. The normalized spacial score (nSPS) is 13.8. The Morgan fingerprint density at radius 2 is 1.55 bits per heavy atom. The summed E-state index contributed by atoms with van der Waals surface area (Å²) in [6.45, 7) is 5.41. The maximum Gasteiger partial charge on any atom is 0.312 e. The summed E-state index contributed by atoms with van der Waals surface area (Å²) in [6, 6.07) is 4.06. The molecule has 0 radical (unpaired) electrons. The number of rotatable bonds is 18. The van der Waals surface area contributed by atoms with E-state index >= 15 is 0 Å². The molecule has 1 aromatic carbocycles. The number of ether oxygens (including phenoxy) is 1. The van der Waals surface area contributed by atoms with E-state index in [1.54, 1.807) is 38.1 Å². The lowest BCUT2D eigenvalue weighted by Gasteiger charge is -2.25. The molecule has 1 aromatic rings. The van der Waals surface area contributed by atoms with Gasteiger partial charge in [0.15, 0.2) is 0 Å². The van der Waals surface area contributed by atoms with Crippen LogP contribution in [-0.4, -0.2) is 71.6 Å². The molecule has 0 aliphatic carbocycles. The molecule has 0 saturated heterocycles. The molecule has 0 fully saturated rings. The molecule has 2 rings (SSSR count). The Morgan fingerprint density at radius 1 is 0.886 bits per heavy atom. The number of amides is 7. The van der Waals surface area contributed by atoms with Gasteiger partial charge in [0.05, 0.1) is 0 Å². The van der Waals surface area contributed by atoms with Gasteiger partial charge in [-0.3, -0.25) is 33.7 Å². The predicted octanol–water partition coefficient (Wildman–Crippen LogP) is 1.25. The molecule has 0 bridgehead atoms. The highest BCUT2D eigenvalue weighted by atomic mass is 16.5. The summed E-state index contributed by atoms with van der Waals surface area (Å²) in [5, 5.41) is 10.7. The highest BCUT2D eigenvalue weighted by Crippen LogP contribution is 2.13. The van der Waals surface area contributed by atoms with Gasteiger partial charge in [-0.05, 0) is 49.3 Å². The van der Waals surface area contributed by atoms with Crippen LogP contribution in [0.4, 0.5) is 10.5 Å². The van der Waals surface area contributed by atoms with Crippen molar-refractivity contribution in [1.82, 2.24) is 20.9 Å². The zero-order valence-corrected chi connectivity index (χ0v) is 25.4. The van der Waals surface area contributed by atoms with E-state index in [0.29, 0.717) is 31.4 Å². The number of carbonyl (C=O) groups is 7. The standard InChI is InChI=1S/C30H42N6O8/c1-19(2)27(35-24(38)9-5-4-6-17-36-25(39)14-15-26(36)40)29(42)34-23(8-7-16-32-30(31)43)28(41)33-22-12-10-21(11-13-22)18-44-20(3)37/h10-15,19,23,27H,4-9,16-18H2,1-3H3,(H,33,41)(H,34,42)(H,35,38)(H3,31,32,43)/t23-,27?/m0/s1. The number of benzene rings is 1. The molecule has 7 amide bonds. The van der Waals surface area contributed by atoms with Gasteiger partial charge in [0.1, 0.15) is 18.7 Å². The number of unbranched alkanes of at least 4 members (excludes halogenated alkanes) is 2. The highest BCUT2D eigenvalue weighted by Gasteiger charge is 2.29. The Hall–Kier alpha value is -4.75. The third kappa shape index (κ3) is 12.6. The van der Waals surface area contributed by atoms with Crippen molar-refractivity contribution in [3.8, 4) is 0 Å². The Kier molecular flexibility index (Phi) is 14.5. The van der Waals surface area contributed by atoms with E-state index in [1.165, 1.54) is 19.1 Å². The quantitative estimate of drug-likeness (QED) is 0.0922. The number of hydrogen-bond donors (Lipinski definition) is 5. The van der Waals surface area contributed by atoms with Gasteiger partial charge < -0.3 is 31.7 Å². The number of urea groups is 1. The van der Waals surface area contributed by atoms with Crippen molar-refractivity contribution in [3.05, 3.63) is 42.0 Å². The zero-order valence-electron chi connectivity index (χ0n) is 25.4. The Bertz CT molecular complexity index is 1210. The van der Waals surface area contributed by atoms with Crippen LogP contribution in [0.15, 0.2) is 36.4 Å². The molecule has 14 heteroatoms. The van der Waals surface area contributed by atoms with Crippen LogP contribution in [0, 0.1) is 5.92 Å². The number of nitrogens with two attached hydrogens (primary N) is 1. The topological polar surface area (TPSA) is 206 Å². The monoisotopic (exact) mass is 614 g/mol. The second kappa shape index (κ2) is 18.0. The van der Waals surface area contributed by atoms with Crippen LogP contribution in [0.3, 0.4) is 0 Å². The number of anilines is 1. The minimum absolute atomic E-state index is 0.0930. The van der Waals surface area contributed by atoms with Crippen molar-refractivity contribution in [1.29, 1.82) is 0 Å². The molecule has 14 nitrogen and oxygen atoms in total. The fourth-order valence-corrected chi connectivity index (χ4v) is 4.31. The second-order valence-electron chi connectivity index (χ2n) is 10.7. The molecule has 1 heterocycles. The lowest BCUT2D eigenvalue weighted by Crippen LogP contribution is -2.54. The van der Waals surface area contributed by atoms with Gasteiger partial charge in [0, 0.05) is 44.3 Å². The first-order chi connectivity index (χ1) is 20.9. The minimum atomic E-state index is -0.985. The van der Waals surface area contributed by atoms with Gasteiger partial charge >= 0.3 is 12.0 Å². The molecule has 6 N–H and O–H groups in total. The van der Waals surface area contributed by atoms with Crippen molar-refractivity contribution in [2.45, 2.75) is 78.0 Å². The second-order valence-corrected chi connectivity index (χ2v) is 10.7. The van der Waals surface area contributed by atoms with Crippen LogP contribution in [0.2, 0.25) is 0 Å². The number of carbonyl (C=O) groups excluding carboxylic acids is 7. The van der Waals surface area contributed by atoms with Crippen LogP contribution >= 0.6 is 0 Å². The van der Waals surface area contributed by atoms with Crippen LogP contribution in [0.1, 0.15) is 64.9 Å². The van der Waals surface area contributed by atoms with E-state index in [-0.39, 0.29) is 56.2 Å². The molecular formula is C30H42N6O8. The molecule has 1 aliphatic rings. The van der Waals surface area contributed by atoms with Gasteiger partial charge in [-0.25, -0.2) is 4.79 Å². The first-order valence-electron chi connectivity index (χ1n) is 14.6. The van der Waals surface area contributed by atoms with Crippen LogP contribution < -0.4 is 27.0 Å². The lowest BCUT2D eigenvalue weighted by molar-refractivity contribution is -0.142. The largest absolute Gasteiger partial charge is 0.461 e.